The minimum Gasteiger partial charge on any atom is -0.351 e. The first-order valence-corrected chi connectivity index (χ1v) is 6.20. The molecule has 0 saturated heterocycles. The maximum atomic E-state index is 11.8. The number of carbonyl (C=O) groups excluding carboxylic acids is 1. The second-order valence-electron chi connectivity index (χ2n) is 4.70. The minimum atomic E-state index is -0.183. The van der Waals surface area contributed by atoms with E-state index in [2.05, 4.69) is 31.1 Å². The Hall–Kier alpha value is -0.800. The first-order chi connectivity index (χ1) is 7.85. The summed E-state index contributed by atoms with van der Waals surface area (Å²) < 4.78 is 0. The third-order valence-electron chi connectivity index (χ3n) is 2.74. The molecule has 0 aromatic carbocycles. The van der Waals surface area contributed by atoms with Crippen molar-refractivity contribution >= 4 is 29.1 Å². The fourth-order valence-electron chi connectivity index (χ4n) is 1.09. The molecule has 94 valence electrons. The van der Waals surface area contributed by atoms with Crippen molar-refractivity contribution in [2.75, 3.05) is 6.54 Å². The number of amides is 1. The summed E-state index contributed by atoms with van der Waals surface area (Å²) in [5.41, 5.74) is 0.505. The van der Waals surface area contributed by atoms with Crippen molar-refractivity contribution in [2.45, 2.75) is 27.2 Å². The SMILES string of the molecule is CCC(C)(C)CNC(=O)c1cnc(Cl)c(Cl)c1. The zero-order valence-electron chi connectivity index (χ0n) is 10.2. The molecule has 3 nitrogen and oxygen atoms in total. The highest BCUT2D eigenvalue weighted by molar-refractivity contribution is 6.41. The number of carbonyl (C=O) groups is 1. The molecular weight excluding hydrogens is 259 g/mol. The average molecular weight is 275 g/mol. The Bertz CT molecular complexity index is 419. The third kappa shape index (κ3) is 4.17. The van der Waals surface area contributed by atoms with Crippen LogP contribution in [0.2, 0.25) is 10.2 Å². The van der Waals surface area contributed by atoms with Gasteiger partial charge in [0, 0.05) is 12.7 Å². The van der Waals surface area contributed by atoms with E-state index in [1.807, 2.05) is 0 Å². The maximum absolute atomic E-state index is 11.8. The largest absolute Gasteiger partial charge is 0.351 e. The molecule has 1 aromatic rings. The lowest BCUT2D eigenvalue weighted by molar-refractivity contribution is 0.0935. The summed E-state index contributed by atoms with van der Waals surface area (Å²) >= 11 is 11.5. The Morgan fingerprint density at radius 2 is 2.12 bits per heavy atom. The van der Waals surface area contributed by atoms with E-state index >= 15 is 0 Å². The molecule has 17 heavy (non-hydrogen) atoms. The van der Waals surface area contributed by atoms with Crippen molar-refractivity contribution < 1.29 is 4.79 Å². The van der Waals surface area contributed by atoms with Crippen molar-refractivity contribution in [3.05, 3.63) is 28.0 Å². The van der Waals surface area contributed by atoms with Gasteiger partial charge in [0.2, 0.25) is 0 Å². The van der Waals surface area contributed by atoms with Crippen LogP contribution in [0.1, 0.15) is 37.6 Å². The first kappa shape index (κ1) is 14.3. The van der Waals surface area contributed by atoms with Crippen LogP contribution in [0.5, 0.6) is 0 Å². The lowest BCUT2D eigenvalue weighted by Crippen LogP contribution is -2.33. The Balaban J connectivity index is 2.68. The number of nitrogens with one attached hydrogen (secondary N) is 1. The Labute approximate surface area is 112 Å². The normalized spacial score (nSPS) is 11.4. The highest BCUT2D eigenvalue weighted by Crippen LogP contribution is 2.20. The standard InChI is InChI=1S/C12H16Cl2N2O/c1-4-12(2,3)7-16-11(17)8-5-9(13)10(14)15-6-8/h5-6H,4,7H2,1-3H3,(H,16,17). The van der Waals surface area contributed by atoms with Gasteiger partial charge < -0.3 is 5.32 Å². The number of pyridine rings is 1. The molecule has 0 aliphatic carbocycles. The smallest absolute Gasteiger partial charge is 0.252 e. The predicted molar refractivity (Wildman–Crippen MR) is 70.7 cm³/mol. The zero-order chi connectivity index (χ0) is 13.1. The molecule has 1 aromatic heterocycles. The molecule has 1 heterocycles. The van der Waals surface area contributed by atoms with Crippen LogP contribution in [0.3, 0.4) is 0 Å². The monoisotopic (exact) mass is 274 g/mol. The average Bonchev–Trinajstić information content (AvgIpc) is 2.30. The van der Waals surface area contributed by atoms with Crippen LogP contribution in [-0.4, -0.2) is 17.4 Å². The number of hydrogen-bond donors (Lipinski definition) is 1. The lowest BCUT2D eigenvalue weighted by Gasteiger charge is -2.22. The van der Waals surface area contributed by atoms with Gasteiger partial charge in [0.15, 0.2) is 0 Å². The van der Waals surface area contributed by atoms with E-state index in [1.54, 1.807) is 0 Å². The highest BCUT2D eigenvalue weighted by atomic mass is 35.5. The summed E-state index contributed by atoms with van der Waals surface area (Å²) in [6.45, 7) is 6.90. The van der Waals surface area contributed by atoms with Gasteiger partial charge in [0.25, 0.3) is 5.91 Å². The summed E-state index contributed by atoms with van der Waals surface area (Å²) in [4.78, 5) is 15.7. The van der Waals surface area contributed by atoms with E-state index in [-0.39, 0.29) is 21.5 Å². The number of hydrogen-bond acceptors (Lipinski definition) is 2. The summed E-state index contributed by atoms with van der Waals surface area (Å²) in [5.74, 6) is -0.183. The van der Waals surface area contributed by atoms with Gasteiger partial charge >= 0.3 is 0 Å². The maximum Gasteiger partial charge on any atom is 0.252 e. The predicted octanol–water partition coefficient (Wildman–Crippen LogP) is 3.55. The van der Waals surface area contributed by atoms with Crippen molar-refractivity contribution in [3.63, 3.8) is 0 Å². The topological polar surface area (TPSA) is 42.0 Å². The number of rotatable bonds is 4. The Morgan fingerprint density at radius 3 is 2.65 bits per heavy atom. The zero-order valence-corrected chi connectivity index (χ0v) is 11.7. The van der Waals surface area contributed by atoms with Crippen LogP contribution in [0.4, 0.5) is 0 Å². The van der Waals surface area contributed by atoms with Crippen molar-refractivity contribution in [1.29, 1.82) is 0 Å². The lowest BCUT2D eigenvalue weighted by atomic mass is 9.90. The van der Waals surface area contributed by atoms with Crippen LogP contribution in [-0.2, 0) is 0 Å². The summed E-state index contributed by atoms with van der Waals surface area (Å²) in [7, 11) is 0. The molecule has 0 spiro atoms. The molecule has 1 N–H and O–H groups in total. The third-order valence-corrected chi connectivity index (χ3v) is 3.43. The van der Waals surface area contributed by atoms with Crippen LogP contribution >= 0.6 is 23.2 Å². The fraction of sp³-hybridized carbons (Fsp3) is 0.500. The molecule has 0 radical (unpaired) electrons. The van der Waals surface area contributed by atoms with Gasteiger partial charge in [0.05, 0.1) is 10.6 Å². The second kappa shape index (κ2) is 5.69. The quantitative estimate of drug-likeness (QED) is 0.854. The Morgan fingerprint density at radius 1 is 1.47 bits per heavy atom. The molecule has 5 heteroatoms. The van der Waals surface area contributed by atoms with Crippen LogP contribution in [0.25, 0.3) is 0 Å². The number of halogens is 2. The summed E-state index contributed by atoms with van der Waals surface area (Å²) in [5, 5.41) is 3.35. The molecule has 0 bridgehead atoms. The summed E-state index contributed by atoms with van der Waals surface area (Å²) in [6.07, 6.45) is 2.41. The van der Waals surface area contributed by atoms with Gasteiger partial charge in [-0.3, -0.25) is 4.79 Å². The van der Waals surface area contributed by atoms with E-state index < -0.39 is 0 Å². The van der Waals surface area contributed by atoms with Gasteiger partial charge in [-0.2, -0.15) is 0 Å². The molecule has 0 fully saturated rings. The van der Waals surface area contributed by atoms with Crippen LogP contribution in [0, 0.1) is 5.41 Å². The van der Waals surface area contributed by atoms with Gasteiger partial charge in [0.1, 0.15) is 5.15 Å². The van der Waals surface area contributed by atoms with Crippen molar-refractivity contribution in [1.82, 2.24) is 10.3 Å². The van der Waals surface area contributed by atoms with Gasteiger partial charge in [-0.15, -0.1) is 0 Å². The van der Waals surface area contributed by atoms with Gasteiger partial charge in [-0.05, 0) is 17.9 Å². The molecular formula is C12H16Cl2N2O. The van der Waals surface area contributed by atoms with E-state index in [0.29, 0.717) is 12.1 Å². The summed E-state index contributed by atoms with van der Waals surface area (Å²) in [6, 6.07) is 1.52. The molecule has 1 amide bonds. The van der Waals surface area contributed by atoms with Crippen LogP contribution < -0.4 is 5.32 Å². The van der Waals surface area contributed by atoms with E-state index in [0.717, 1.165) is 6.42 Å². The van der Waals surface area contributed by atoms with Crippen LogP contribution in [0.15, 0.2) is 12.3 Å². The Kier molecular flexibility index (Phi) is 4.78. The fourth-order valence-corrected chi connectivity index (χ4v) is 1.36. The molecule has 0 aliphatic heterocycles. The first-order valence-electron chi connectivity index (χ1n) is 5.45. The minimum absolute atomic E-state index is 0.0826. The highest BCUT2D eigenvalue weighted by Gasteiger charge is 2.17. The van der Waals surface area contributed by atoms with Crippen molar-refractivity contribution in [3.8, 4) is 0 Å². The molecule has 0 unspecified atom stereocenters. The second-order valence-corrected chi connectivity index (χ2v) is 5.46. The van der Waals surface area contributed by atoms with Gasteiger partial charge in [-0.25, -0.2) is 4.98 Å². The molecule has 0 saturated carbocycles. The van der Waals surface area contributed by atoms with E-state index in [1.165, 1.54) is 12.3 Å². The van der Waals surface area contributed by atoms with Crippen molar-refractivity contribution in [2.24, 2.45) is 5.41 Å². The van der Waals surface area contributed by atoms with E-state index in [9.17, 15) is 4.79 Å². The van der Waals surface area contributed by atoms with E-state index in [4.69, 9.17) is 23.2 Å². The molecule has 1 rings (SSSR count). The number of nitrogens with zero attached hydrogens (tertiary/aromatic N) is 1. The van der Waals surface area contributed by atoms with Gasteiger partial charge in [-0.1, -0.05) is 44.0 Å². The molecule has 0 atom stereocenters. The molecule has 0 aliphatic rings. The number of aromatic nitrogens is 1.